The maximum Gasteiger partial charge on any atom is 0.223 e. The number of nitrogens with one attached hydrogen (secondary N) is 1. The Labute approximate surface area is 137 Å². The Bertz CT molecular complexity index is 538. The summed E-state index contributed by atoms with van der Waals surface area (Å²) >= 11 is 0. The molecule has 6 nitrogen and oxygen atoms in total. The summed E-state index contributed by atoms with van der Waals surface area (Å²) in [5.41, 5.74) is 1.89. The van der Waals surface area contributed by atoms with Gasteiger partial charge in [-0.2, -0.15) is 0 Å². The highest BCUT2D eigenvalue weighted by molar-refractivity contribution is 5.80. The van der Waals surface area contributed by atoms with Crippen molar-refractivity contribution in [1.82, 2.24) is 15.4 Å². The van der Waals surface area contributed by atoms with E-state index >= 15 is 0 Å². The number of aryl methyl sites for hydroxylation is 2. The van der Waals surface area contributed by atoms with E-state index in [0.29, 0.717) is 25.9 Å². The Balaban J connectivity index is 1.79. The summed E-state index contributed by atoms with van der Waals surface area (Å²) in [5, 5.41) is 6.87. The fourth-order valence-corrected chi connectivity index (χ4v) is 3.04. The van der Waals surface area contributed by atoms with E-state index in [1.807, 2.05) is 32.6 Å². The highest BCUT2D eigenvalue weighted by atomic mass is 16.5. The van der Waals surface area contributed by atoms with Crippen LogP contribution in [0.2, 0.25) is 0 Å². The Hall–Kier alpha value is -1.85. The molecule has 2 rings (SSSR count). The molecule has 1 N–H and O–H groups in total. The fraction of sp³-hybridized carbons (Fsp3) is 0.706. The van der Waals surface area contributed by atoms with Crippen LogP contribution in [0, 0.1) is 19.8 Å². The zero-order valence-corrected chi connectivity index (χ0v) is 14.5. The first kappa shape index (κ1) is 17.5. The third kappa shape index (κ3) is 4.56. The number of hydrogen-bond donors (Lipinski definition) is 1. The lowest BCUT2D eigenvalue weighted by Crippen LogP contribution is -2.44. The van der Waals surface area contributed by atoms with E-state index in [1.165, 1.54) is 0 Å². The van der Waals surface area contributed by atoms with Crippen molar-refractivity contribution < 1.29 is 14.1 Å². The smallest absolute Gasteiger partial charge is 0.223 e. The maximum absolute atomic E-state index is 12.3. The SMILES string of the molecule is Cc1noc(C)c1CCC(=O)N1CCC(C(=O)NC(C)C)CC1. The third-order valence-electron chi connectivity index (χ3n) is 4.42. The van der Waals surface area contributed by atoms with Gasteiger partial charge in [-0.1, -0.05) is 5.16 Å². The lowest BCUT2D eigenvalue weighted by atomic mass is 9.95. The average molecular weight is 321 g/mol. The van der Waals surface area contributed by atoms with Crippen LogP contribution in [0.4, 0.5) is 0 Å². The second-order valence-electron chi connectivity index (χ2n) is 6.62. The van der Waals surface area contributed by atoms with Crippen LogP contribution in [0.5, 0.6) is 0 Å². The first-order valence-electron chi connectivity index (χ1n) is 8.38. The number of likely N-dealkylation sites (tertiary alicyclic amines) is 1. The summed E-state index contributed by atoms with van der Waals surface area (Å²) in [7, 11) is 0. The molecule has 0 aliphatic carbocycles. The molecule has 1 fully saturated rings. The molecule has 0 saturated carbocycles. The summed E-state index contributed by atoms with van der Waals surface area (Å²) in [4.78, 5) is 26.2. The van der Waals surface area contributed by atoms with E-state index < -0.39 is 0 Å². The number of nitrogens with zero attached hydrogens (tertiary/aromatic N) is 2. The van der Waals surface area contributed by atoms with Gasteiger partial charge >= 0.3 is 0 Å². The van der Waals surface area contributed by atoms with Crippen molar-refractivity contribution in [3.63, 3.8) is 0 Å². The van der Waals surface area contributed by atoms with E-state index in [2.05, 4.69) is 10.5 Å². The summed E-state index contributed by atoms with van der Waals surface area (Å²) < 4.78 is 5.13. The van der Waals surface area contributed by atoms with Gasteiger partial charge in [0.25, 0.3) is 0 Å². The molecule has 1 aromatic heterocycles. The van der Waals surface area contributed by atoms with Gasteiger partial charge < -0.3 is 14.7 Å². The second kappa shape index (κ2) is 7.62. The average Bonchev–Trinajstić information content (AvgIpc) is 2.83. The van der Waals surface area contributed by atoms with Crippen LogP contribution in [-0.4, -0.2) is 41.0 Å². The molecule has 0 bridgehead atoms. The van der Waals surface area contributed by atoms with Crippen LogP contribution in [0.1, 0.15) is 50.1 Å². The van der Waals surface area contributed by atoms with E-state index in [9.17, 15) is 9.59 Å². The zero-order valence-electron chi connectivity index (χ0n) is 14.5. The lowest BCUT2D eigenvalue weighted by molar-refractivity contribution is -0.135. The molecule has 0 aromatic carbocycles. The number of aromatic nitrogens is 1. The standard InChI is InChI=1S/C17H27N3O3/c1-11(2)18-17(22)14-7-9-20(10-8-14)16(21)6-5-15-12(3)19-23-13(15)4/h11,14H,5-10H2,1-4H3,(H,18,22). The van der Waals surface area contributed by atoms with Crippen LogP contribution in [-0.2, 0) is 16.0 Å². The molecule has 0 unspecified atom stereocenters. The Morgan fingerprint density at radius 1 is 1.30 bits per heavy atom. The van der Waals surface area contributed by atoms with Gasteiger partial charge in [-0.05, 0) is 47.0 Å². The molecule has 1 aliphatic rings. The molecule has 0 spiro atoms. The van der Waals surface area contributed by atoms with E-state index in [1.54, 1.807) is 0 Å². The minimum Gasteiger partial charge on any atom is -0.361 e. The minimum atomic E-state index is 0.0315. The molecule has 128 valence electrons. The monoisotopic (exact) mass is 321 g/mol. The molecule has 2 amide bonds. The highest BCUT2D eigenvalue weighted by Gasteiger charge is 2.27. The summed E-state index contributed by atoms with van der Waals surface area (Å²) in [6, 6.07) is 0.164. The topological polar surface area (TPSA) is 75.4 Å². The van der Waals surface area contributed by atoms with Crippen molar-refractivity contribution in [2.75, 3.05) is 13.1 Å². The molecular weight excluding hydrogens is 294 g/mol. The van der Waals surface area contributed by atoms with Gasteiger partial charge in [-0.25, -0.2) is 0 Å². The highest BCUT2D eigenvalue weighted by Crippen LogP contribution is 2.20. The molecule has 1 saturated heterocycles. The Kier molecular flexibility index (Phi) is 5.80. The predicted octanol–water partition coefficient (Wildman–Crippen LogP) is 1.99. The number of carbonyl (C=O) groups excluding carboxylic acids is 2. The maximum atomic E-state index is 12.3. The van der Waals surface area contributed by atoms with Gasteiger partial charge in [0.15, 0.2) is 0 Å². The zero-order chi connectivity index (χ0) is 17.0. The normalized spacial score (nSPS) is 16.0. The number of carbonyl (C=O) groups is 2. The van der Waals surface area contributed by atoms with Crippen molar-refractivity contribution in [2.24, 2.45) is 5.92 Å². The summed E-state index contributed by atoms with van der Waals surface area (Å²) in [6.07, 6.45) is 2.62. The van der Waals surface area contributed by atoms with Gasteiger partial charge in [0.1, 0.15) is 5.76 Å². The lowest BCUT2D eigenvalue weighted by Gasteiger charge is -2.31. The molecule has 1 aliphatic heterocycles. The van der Waals surface area contributed by atoms with Crippen molar-refractivity contribution in [2.45, 2.75) is 59.4 Å². The summed E-state index contributed by atoms with van der Waals surface area (Å²) in [6.45, 7) is 9.03. The number of piperidine rings is 1. The largest absolute Gasteiger partial charge is 0.361 e. The predicted molar refractivity (Wildman–Crippen MR) is 86.9 cm³/mol. The van der Waals surface area contributed by atoms with Crippen molar-refractivity contribution >= 4 is 11.8 Å². The first-order valence-corrected chi connectivity index (χ1v) is 8.38. The van der Waals surface area contributed by atoms with Gasteiger partial charge in [0.2, 0.25) is 11.8 Å². The molecule has 23 heavy (non-hydrogen) atoms. The van der Waals surface area contributed by atoms with Crippen LogP contribution in [0.15, 0.2) is 4.52 Å². The number of rotatable bonds is 5. The van der Waals surface area contributed by atoms with Crippen LogP contribution in [0.25, 0.3) is 0 Å². The molecule has 6 heteroatoms. The van der Waals surface area contributed by atoms with Crippen LogP contribution < -0.4 is 5.32 Å². The van der Waals surface area contributed by atoms with Gasteiger partial charge in [-0.15, -0.1) is 0 Å². The van der Waals surface area contributed by atoms with E-state index in [4.69, 9.17) is 4.52 Å². The molecule has 0 atom stereocenters. The van der Waals surface area contributed by atoms with Crippen molar-refractivity contribution in [3.05, 3.63) is 17.0 Å². The van der Waals surface area contributed by atoms with Crippen molar-refractivity contribution in [3.8, 4) is 0 Å². The Morgan fingerprint density at radius 3 is 2.48 bits per heavy atom. The van der Waals surface area contributed by atoms with Crippen LogP contribution in [0.3, 0.4) is 0 Å². The van der Waals surface area contributed by atoms with Crippen LogP contribution >= 0.6 is 0 Å². The van der Waals surface area contributed by atoms with Gasteiger partial charge in [0.05, 0.1) is 5.69 Å². The quantitative estimate of drug-likeness (QED) is 0.900. The second-order valence-corrected chi connectivity index (χ2v) is 6.62. The van der Waals surface area contributed by atoms with Crippen molar-refractivity contribution in [1.29, 1.82) is 0 Å². The van der Waals surface area contributed by atoms with Gasteiger partial charge in [0, 0.05) is 37.0 Å². The van der Waals surface area contributed by atoms with Gasteiger partial charge in [-0.3, -0.25) is 9.59 Å². The Morgan fingerprint density at radius 2 is 1.96 bits per heavy atom. The summed E-state index contributed by atoms with van der Waals surface area (Å²) in [5.74, 6) is 1.08. The minimum absolute atomic E-state index is 0.0315. The molecule has 0 radical (unpaired) electrons. The number of hydrogen-bond acceptors (Lipinski definition) is 4. The van der Waals surface area contributed by atoms with E-state index in [-0.39, 0.29) is 23.8 Å². The molecule has 1 aromatic rings. The van der Waals surface area contributed by atoms with E-state index in [0.717, 1.165) is 29.9 Å². The molecule has 2 heterocycles. The first-order chi connectivity index (χ1) is 10.9. The third-order valence-corrected chi connectivity index (χ3v) is 4.42. The fourth-order valence-electron chi connectivity index (χ4n) is 3.04. The number of amides is 2. The molecular formula is C17H27N3O3.